The van der Waals surface area contributed by atoms with Gasteiger partial charge in [0.1, 0.15) is 12.7 Å². The Bertz CT molecular complexity index is 221. The van der Waals surface area contributed by atoms with Gasteiger partial charge in [-0.05, 0) is 13.3 Å². The first-order valence-corrected chi connectivity index (χ1v) is 3.85. The number of nitrogens with zero attached hydrogens (tertiary/aromatic N) is 3. The Balaban J connectivity index is 2.21. The first-order valence-electron chi connectivity index (χ1n) is 3.85. The third-order valence-corrected chi connectivity index (χ3v) is 1.61. The van der Waals surface area contributed by atoms with Crippen LogP contribution in [0.2, 0.25) is 0 Å². The number of aryl methyl sites for hydroxylation is 1. The highest BCUT2D eigenvalue weighted by atomic mass is 16.1. The molecule has 1 rings (SSSR count). The summed E-state index contributed by atoms with van der Waals surface area (Å²) in [5, 5.41) is 6.60. The Morgan fingerprint density at radius 2 is 2.58 bits per heavy atom. The van der Waals surface area contributed by atoms with E-state index in [0.29, 0.717) is 6.41 Å². The fraction of sp³-hybridized carbons (Fsp3) is 0.571. The van der Waals surface area contributed by atoms with E-state index in [0.717, 1.165) is 13.0 Å². The fourth-order valence-corrected chi connectivity index (χ4v) is 0.874. The zero-order valence-corrected chi connectivity index (χ0v) is 6.97. The molecule has 0 aliphatic heterocycles. The van der Waals surface area contributed by atoms with E-state index in [1.165, 1.54) is 6.33 Å². The monoisotopic (exact) mass is 168 g/mol. The van der Waals surface area contributed by atoms with Crippen LogP contribution in [0.15, 0.2) is 12.7 Å². The van der Waals surface area contributed by atoms with Crippen molar-refractivity contribution in [2.75, 3.05) is 0 Å². The molecule has 5 nitrogen and oxygen atoms in total. The molecule has 0 radical (unpaired) electrons. The van der Waals surface area contributed by atoms with Gasteiger partial charge in [0.25, 0.3) is 0 Å². The predicted octanol–water partition coefficient (Wildman–Crippen LogP) is -0.197. The Hall–Kier alpha value is -1.39. The van der Waals surface area contributed by atoms with E-state index in [4.69, 9.17) is 0 Å². The van der Waals surface area contributed by atoms with Crippen LogP contribution in [0.3, 0.4) is 0 Å². The maximum atomic E-state index is 10.0. The summed E-state index contributed by atoms with van der Waals surface area (Å²) in [5.74, 6) is 0. The molecule has 0 aliphatic carbocycles. The minimum Gasteiger partial charge on any atom is -0.356 e. The van der Waals surface area contributed by atoms with Crippen molar-refractivity contribution in [2.45, 2.75) is 25.9 Å². The number of carbonyl (C=O) groups excluding carboxylic acids is 1. The molecule has 1 unspecified atom stereocenters. The normalized spacial score (nSPS) is 12.4. The lowest BCUT2D eigenvalue weighted by molar-refractivity contribution is -0.110. The minimum absolute atomic E-state index is 0.187. The fourth-order valence-electron chi connectivity index (χ4n) is 0.874. The molecule has 0 spiro atoms. The van der Waals surface area contributed by atoms with Gasteiger partial charge in [-0.25, -0.2) is 4.98 Å². The number of amides is 1. The van der Waals surface area contributed by atoms with Crippen molar-refractivity contribution in [3.05, 3.63) is 12.7 Å². The number of hydrogen-bond donors (Lipinski definition) is 1. The third-order valence-electron chi connectivity index (χ3n) is 1.61. The molecular weight excluding hydrogens is 156 g/mol. The standard InChI is InChI=1S/C7H12N4O/c1-7(9-6-12)2-3-11-5-8-4-10-11/h4-7H,2-3H2,1H3,(H,9,12). The number of nitrogens with one attached hydrogen (secondary N) is 1. The van der Waals surface area contributed by atoms with Crippen LogP contribution in [0.1, 0.15) is 13.3 Å². The maximum Gasteiger partial charge on any atom is 0.207 e. The van der Waals surface area contributed by atoms with E-state index in [1.54, 1.807) is 11.0 Å². The van der Waals surface area contributed by atoms with E-state index in [-0.39, 0.29) is 6.04 Å². The van der Waals surface area contributed by atoms with Gasteiger partial charge in [0.2, 0.25) is 6.41 Å². The predicted molar refractivity (Wildman–Crippen MR) is 43.3 cm³/mol. The maximum absolute atomic E-state index is 10.0. The summed E-state index contributed by atoms with van der Waals surface area (Å²) in [5.41, 5.74) is 0. The molecule has 1 atom stereocenters. The highest BCUT2D eigenvalue weighted by Crippen LogP contribution is 1.92. The van der Waals surface area contributed by atoms with Crippen LogP contribution in [-0.2, 0) is 11.3 Å². The topological polar surface area (TPSA) is 59.8 Å². The van der Waals surface area contributed by atoms with E-state index < -0.39 is 0 Å². The summed E-state index contributed by atoms with van der Waals surface area (Å²) < 4.78 is 1.74. The lowest BCUT2D eigenvalue weighted by Crippen LogP contribution is -2.25. The molecule has 0 saturated heterocycles. The summed E-state index contributed by atoms with van der Waals surface area (Å²) in [6.45, 7) is 2.73. The summed E-state index contributed by atoms with van der Waals surface area (Å²) >= 11 is 0. The van der Waals surface area contributed by atoms with E-state index >= 15 is 0 Å². The van der Waals surface area contributed by atoms with Crippen LogP contribution in [0.4, 0.5) is 0 Å². The van der Waals surface area contributed by atoms with E-state index in [1.807, 2.05) is 6.92 Å². The van der Waals surface area contributed by atoms with Crippen LogP contribution < -0.4 is 5.32 Å². The van der Waals surface area contributed by atoms with Gasteiger partial charge < -0.3 is 5.32 Å². The molecule has 5 heteroatoms. The van der Waals surface area contributed by atoms with Gasteiger partial charge in [-0.3, -0.25) is 9.48 Å². The average molecular weight is 168 g/mol. The van der Waals surface area contributed by atoms with Crippen molar-refractivity contribution < 1.29 is 4.79 Å². The molecule has 1 aromatic heterocycles. The van der Waals surface area contributed by atoms with Gasteiger partial charge in [-0.15, -0.1) is 0 Å². The van der Waals surface area contributed by atoms with Crippen LogP contribution in [0, 0.1) is 0 Å². The van der Waals surface area contributed by atoms with Crippen LogP contribution >= 0.6 is 0 Å². The van der Waals surface area contributed by atoms with Crippen LogP contribution in [0.25, 0.3) is 0 Å². The summed E-state index contributed by atoms with van der Waals surface area (Å²) in [6.07, 6.45) is 4.74. The third kappa shape index (κ3) is 2.69. The lowest BCUT2D eigenvalue weighted by atomic mass is 10.2. The summed E-state index contributed by atoms with van der Waals surface area (Å²) in [4.78, 5) is 13.8. The molecule has 0 aliphatic rings. The first-order chi connectivity index (χ1) is 5.83. The molecule has 0 fully saturated rings. The Kier molecular flexibility index (Phi) is 3.25. The van der Waals surface area contributed by atoms with Crippen molar-refractivity contribution in [3.8, 4) is 0 Å². The minimum atomic E-state index is 0.187. The molecule has 0 saturated carbocycles. The Morgan fingerprint density at radius 1 is 1.75 bits per heavy atom. The van der Waals surface area contributed by atoms with Gasteiger partial charge >= 0.3 is 0 Å². The van der Waals surface area contributed by atoms with Crippen molar-refractivity contribution in [1.82, 2.24) is 20.1 Å². The number of rotatable bonds is 5. The molecule has 1 aromatic rings. The lowest BCUT2D eigenvalue weighted by Gasteiger charge is -2.08. The Labute approximate surface area is 70.8 Å². The number of carbonyl (C=O) groups is 1. The quantitative estimate of drug-likeness (QED) is 0.619. The molecule has 0 bridgehead atoms. The van der Waals surface area contributed by atoms with Crippen molar-refractivity contribution in [1.29, 1.82) is 0 Å². The smallest absolute Gasteiger partial charge is 0.207 e. The number of aromatic nitrogens is 3. The first kappa shape index (κ1) is 8.70. The highest BCUT2D eigenvalue weighted by Gasteiger charge is 1.99. The van der Waals surface area contributed by atoms with Gasteiger partial charge in [0.05, 0.1) is 0 Å². The van der Waals surface area contributed by atoms with E-state index in [2.05, 4.69) is 15.4 Å². The van der Waals surface area contributed by atoms with Gasteiger partial charge in [0, 0.05) is 12.6 Å². The van der Waals surface area contributed by atoms with Gasteiger partial charge in [-0.1, -0.05) is 0 Å². The van der Waals surface area contributed by atoms with Gasteiger partial charge in [-0.2, -0.15) is 5.10 Å². The molecule has 66 valence electrons. The van der Waals surface area contributed by atoms with Crippen LogP contribution in [0.5, 0.6) is 0 Å². The Morgan fingerprint density at radius 3 is 3.17 bits per heavy atom. The molecule has 1 amide bonds. The molecule has 12 heavy (non-hydrogen) atoms. The summed E-state index contributed by atoms with van der Waals surface area (Å²) in [7, 11) is 0. The zero-order chi connectivity index (χ0) is 8.81. The largest absolute Gasteiger partial charge is 0.356 e. The second kappa shape index (κ2) is 4.48. The van der Waals surface area contributed by atoms with Crippen molar-refractivity contribution in [3.63, 3.8) is 0 Å². The molecular formula is C7H12N4O. The van der Waals surface area contributed by atoms with Crippen molar-refractivity contribution >= 4 is 6.41 Å². The second-order valence-corrected chi connectivity index (χ2v) is 2.63. The zero-order valence-electron chi connectivity index (χ0n) is 6.97. The second-order valence-electron chi connectivity index (χ2n) is 2.63. The van der Waals surface area contributed by atoms with Gasteiger partial charge in [0.15, 0.2) is 0 Å². The average Bonchev–Trinajstić information content (AvgIpc) is 2.53. The SMILES string of the molecule is CC(CCn1cncn1)NC=O. The molecule has 1 heterocycles. The molecule has 0 aromatic carbocycles. The van der Waals surface area contributed by atoms with Crippen molar-refractivity contribution in [2.24, 2.45) is 0 Å². The number of hydrogen-bond acceptors (Lipinski definition) is 3. The van der Waals surface area contributed by atoms with E-state index in [9.17, 15) is 4.79 Å². The van der Waals surface area contributed by atoms with Crippen LogP contribution in [-0.4, -0.2) is 27.2 Å². The summed E-state index contributed by atoms with van der Waals surface area (Å²) in [6, 6.07) is 0.187. The highest BCUT2D eigenvalue weighted by molar-refractivity contribution is 5.46. The molecule has 1 N–H and O–H groups in total.